The summed E-state index contributed by atoms with van der Waals surface area (Å²) in [6.45, 7) is 2.38. The molecule has 2 atom stereocenters. The molecule has 2 heterocycles. The van der Waals surface area contributed by atoms with Crippen molar-refractivity contribution in [1.29, 1.82) is 0 Å². The van der Waals surface area contributed by atoms with E-state index in [0.29, 0.717) is 25.1 Å². The molecular weight excluding hydrogens is 270 g/mol. The van der Waals surface area contributed by atoms with E-state index < -0.39 is 11.9 Å². The maximum Gasteiger partial charge on any atom is 0.308 e. The molecule has 1 aliphatic rings. The van der Waals surface area contributed by atoms with Crippen molar-refractivity contribution < 1.29 is 14.7 Å². The number of carbonyl (C=O) groups excluding carboxylic acids is 1. The standard InChI is InChI=1S/C15H21N3O3/c1-10-12(15(20)21)5-4-8-18(10)14(19)13-9-11(17(2)3)6-7-16-13/h6-7,9-10,12H,4-5,8H2,1-3H3,(H,20,21)/t10-,12-/m1/s1. The van der Waals surface area contributed by atoms with E-state index >= 15 is 0 Å². The fourth-order valence-electron chi connectivity index (χ4n) is 2.72. The van der Waals surface area contributed by atoms with Crippen molar-refractivity contribution in [3.05, 3.63) is 24.0 Å². The number of rotatable bonds is 3. The van der Waals surface area contributed by atoms with Crippen LogP contribution in [-0.4, -0.2) is 53.5 Å². The van der Waals surface area contributed by atoms with E-state index in [2.05, 4.69) is 4.98 Å². The minimum atomic E-state index is -0.838. The van der Waals surface area contributed by atoms with E-state index in [4.69, 9.17) is 0 Å². The third-order valence-electron chi connectivity index (χ3n) is 4.05. The number of pyridine rings is 1. The molecule has 114 valence electrons. The largest absolute Gasteiger partial charge is 0.481 e. The molecule has 0 spiro atoms. The van der Waals surface area contributed by atoms with Gasteiger partial charge in [-0.1, -0.05) is 0 Å². The van der Waals surface area contributed by atoms with Crippen molar-refractivity contribution in [2.45, 2.75) is 25.8 Å². The van der Waals surface area contributed by atoms with E-state index in [9.17, 15) is 14.7 Å². The lowest BCUT2D eigenvalue weighted by atomic mass is 9.90. The van der Waals surface area contributed by atoms with Crippen LogP contribution in [0.4, 0.5) is 5.69 Å². The van der Waals surface area contributed by atoms with Gasteiger partial charge >= 0.3 is 5.97 Å². The van der Waals surface area contributed by atoms with Crippen LogP contribution in [0.1, 0.15) is 30.3 Å². The molecule has 0 aromatic carbocycles. The van der Waals surface area contributed by atoms with Crippen LogP contribution in [0, 0.1) is 5.92 Å². The fraction of sp³-hybridized carbons (Fsp3) is 0.533. The summed E-state index contributed by atoms with van der Waals surface area (Å²) in [5.41, 5.74) is 1.26. The molecule has 1 aromatic rings. The molecular formula is C15H21N3O3. The van der Waals surface area contributed by atoms with Crippen molar-refractivity contribution >= 4 is 17.6 Å². The SMILES string of the molecule is C[C@@H]1[C@H](C(=O)O)CCCN1C(=O)c1cc(N(C)C)ccn1. The Kier molecular flexibility index (Phi) is 4.45. The average molecular weight is 291 g/mol. The molecule has 0 radical (unpaired) electrons. The maximum absolute atomic E-state index is 12.6. The molecule has 2 rings (SSSR count). The number of piperidine rings is 1. The van der Waals surface area contributed by atoms with Crippen LogP contribution in [-0.2, 0) is 4.79 Å². The minimum absolute atomic E-state index is 0.197. The van der Waals surface area contributed by atoms with Gasteiger partial charge in [0.2, 0.25) is 0 Å². The molecule has 0 bridgehead atoms. The molecule has 1 saturated heterocycles. The van der Waals surface area contributed by atoms with Crippen molar-refractivity contribution in [3.8, 4) is 0 Å². The second-order valence-corrected chi connectivity index (χ2v) is 5.62. The van der Waals surface area contributed by atoms with Gasteiger partial charge in [-0.3, -0.25) is 14.6 Å². The molecule has 0 aliphatic carbocycles. The highest BCUT2D eigenvalue weighted by Gasteiger charge is 2.36. The van der Waals surface area contributed by atoms with Crippen LogP contribution in [0.2, 0.25) is 0 Å². The van der Waals surface area contributed by atoms with Gasteiger partial charge in [0, 0.05) is 38.6 Å². The molecule has 1 aromatic heterocycles. The van der Waals surface area contributed by atoms with Crippen LogP contribution in [0.15, 0.2) is 18.3 Å². The maximum atomic E-state index is 12.6. The number of aliphatic carboxylic acids is 1. The highest BCUT2D eigenvalue weighted by molar-refractivity contribution is 5.93. The van der Waals surface area contributed by atoms with Gasteiger partial charge < -0.3 is 14.9 Å². The Balaban J connectivity index is 2.23. The normalized spacial score (nSPS) is 22.0. The van der Waals surface area contributed by atoms with Gasteiger partial charge in [-0.15, -0.1) is 0 Å². The van der Waals surface area contributed by atoms with Gasteiger partial charge in [-0.05, 0) is 31.9 Å². The Hall–Kier alpha value is -2.11. The second-order valence-electron chi connectivity index (χ2n) is 5.62. The highest BCUT2D eigenvalue weighted by Crippen LogP contribution is 2.25. The van der Waals surface area contributed by atoms with E-state index in [1.54, 1.807) is 24.1 Å². The summed E-state index contributed by atoms with van der Waals surface area (Å²) < 4.78 is 0. The summed E-state index contributed by atoms with van der Waals surface area (Å²) in [6.07, 6.45) is 2.93. The van der Waals surface area contributed by atoms with Crippen LogP contribution >= 0.6 is 0 Å². The first-order valence-electron chi connectivity index (χ1n) is 7.09. The Labute approximate surface area is 124 Å². The Morgan fingerprint density at radius 1 is 1.43 bits per heavy atom. The molecule has 1 amide bonds. The second kappa shape index (κ2) is 6.11. The van der Waals surface area contributed by atoms with Gasteiger partial charge in [0.05, 0.1) is 5.92 Å². The third-order valence-corrected chi connectivity index (χ3v) is 4.05. The summed E-state index contributed by atoms with van der Waals surface area (Å²) >= 11 is 0. The van der Waals surface area contributed by atoms with Crippen molar-refractivity contribution in [2.75, 3.05) is 25.5 Å². The van der Waals surface area contributed by atoms with Gasteiger partial charge in [0.15, 0.2) is 0 Å². The van der Waals surface area contributed by atoms with E-state index in [1.807, 2.05) is 25.1 Å². The number of anilines is 1. The Bertz CT molecular complexity index is 545. The van der Waals surface area contributed by atoms with E-state index in [-0.39, 0.29) is 11.9 Å². The van der Waals surface area contributed by atoms with Crippen molar-refractivity contribution in [1.82, 2.24) is 9.88 Å². The summed E-state index contributed by atoms with van der Waals surface area (Å²) in [6, 6.07) is 3.25. The highest BCUT2D eigenvalue weighted by atomic mass is 16.4. The number of carboxylic acids is 1. The quantitative estimate of drug-likeness (QED) is 0.913. The molecule has 1 fully saturated rings. The van der Waals surface area contributed by atoms with Crippen molar-refractivity contribution in [2.24, 2.45) is 5.92 Å². The number of aromatic nitrogens is 1. The monoisotopic (exact) mass is 291 g/mol. The molecule has 1 aliphatic heterocycles. The molecule has 6 heteroatoms. The van der Waals surface area contributed by atoms with E-state index in [0.717, 1.165) is 5.69 Å². The third kappa shape index (κ3) is 3.15. The number of hydrogen-bond donors (Lipinski definition) is 1. The number of carboxylic acid groups (broad SMARTS) is 1. The molecule has 6 nitrogen and oxygen atoms in total. The molecule has 1 N–H and O–H groups in total. The Morgan fingerprint density at radius 3 is 2.76 bits per heavy atom. The van der Waals surface area contributed by atoms with Gasteiger partial charge in [-0.25, -0.2) is 0 Å². The van der Waals surface area contributed by atoms with Crippen LogP contribution < -0.4 is 4.90 Å². The van der Waals surface area contributed by atoms with Gasteiger partial charge in [0.1, 0.15) is 5.69 Å². The lowest BCUT2D eigenvalue weighted by Crippen LogP contribution is -2.49. The molecule has 0 unspecified atom stereocenters. The summed E-state index contributed by atoms with van der Waals surface area (Å²) in [5.74, 6) is -1.54. The Morgan fingerprint density at radius 2 is 2.14 bits per heavy atom. The van der Waals surface area contributed by atoms with Crippen molar-refractivity contribution in [3.63, 3.8) is 0 Å². The summed E-state index contributed by atoms with van der Waals surface area (Å²) in [7, 11) is 3.79. The lowest BCUT2D eigenvalue weighted by molar-refractivity contribution is -0.144. The summed E-state index contributed by atoms with van der Waals surface area (Å²) in [5, 5.41) is 9.24. The number of nitrogens with zero attached hydrogens (tertiary/aromatic N) is 3. The zero-order valence-electron chi connectivity index (χ0n) is 12.6. The zero-order chi connectivity index (χ0) is 15.6. The number of amides is 1. The van der Waals surface area contributed by atoms with Crippen LogP contribution in [0.3, 0.4) is 0 Å². The zero-order valence-corrected chi connectivity index (χ0v) is 12.6. The smallest absolute Gasteiger partial charge is 0.308 e. The molecule has 0 saturated carbocycles. The molecule has 21 heavy (non-hydrogen) atoms. The first-order chi connectivity index (χ1) is 9.91. The van der Waals surface area contributed by atoms with Gasteiger partial charge in [0.25, 0.3) is 5.91 Å². The number of carbonyl (C=O) groups is 2. The predicted molar refractivity (Wildman–Crippen MR) is 79.4 cm³/mol. The van der Waals surface area contributed by atoms with E-state index in [1.165, 1.54) is 0 Å². The fourth-order valence-corrected chi connectivity index (χ4v) is 2.72. The summed E-state index contributed by atoms with van der Waals surface area (Å²) in [4.78, 5) is 31.5. The van der Waals surface area contributed by atoms with Crippen LogP contribution in [0.25, 0.3) is 0 Å². The topological polar surface area (TPSA) is 73.7 Å². The van der Waals surface area contributed by atoms with Crippen LogP contribution in [0.5, 0.6) is 0 Å². The minimum Gasteiger partial charge on any atom is -0.481 e. The lowest BCUT2D eigenvalue weighted by Gasteiger charge is -2.37. The number of likely N-dealkylation sites (tertiary alicyclic amines) is 1. The first kappa shape index (κ1) is 15.3. The predicted octanol–water partition coefficient (Wildman–Crippen LogP) is 1.47. The van der Waals surface area contributed by atoms with Gasteiger partial charge in [-0.2, -0.15) is 0 Å². The number of hydrogen-bond acceptors (Lipinski definition) is 4. The average Bonchev–Trinajstić information content (AvgIpc) is 2.46. The first-order valence-corrected chi connectivity index (χ1v) is 7.09.